The molecular weight excluding hydrogens is 366 g/mol. The van der Waals surface area contributed by atoms with Gasteiger partial charge in [0.15, 0.2) is 0 Å². The molecule has 7 nitrogen and oxygen atoms in total. The maximum absolute atomic E-state index is 12.6. The van der Waals surface area contributed by atoms with Crippen molar-refractivity contribution in [3.05, 3.63) is 70.3 Å². The number of nitro benzene ring substituents is 1. The highest BCUT2D eigenvalue weighted by Gasteiger charge is 2.29. The van der Waals surface area contributed by atoms with Crippen LogP contribution in [0.5, 0.6) is 0 Å². The van der Waals surface area contributed by atoms with Gasteiger partial charge in [-0.2, -0.15) is 4.31 Å². The first-order valence-corrected chi connectivity index (χ1v) is 10.4. The first-order valence-electron chi connectivity index (χ1n) is 8.96. The minimum absolute atomic E-state index is 0.119. The van der Waals surface area contributed by atoms with Gasteiger partial charge in [0, 0.05) is 31.3 Å². The van der Waals surface area contributed by atoms with E-state index in [9.17, 15) is 18.5 Å². The molecule has 144 valence electrons. The number of nitrogens with zero attached hydrogens (tertiary/aromatic N) is 2. The second kappa shape index (κ2) is 8.60. The number of benzene rings is 2. The van der Waals surface area contributed by atoms with E-state index in [0.717, 1.165) is 12.8 Å². The third-order valence-electron chi connectivity index (χ3n) is 4.89. The first kappa shape index (κ1) is 19.5. The lowest BCUT2D eigenvalue weighted by molar-refractivity contribution is -0.385. The average molecular weight is 389 g/mol. The number of hydrogen-bond acceptors (Lipinski definition) is 5. The fourth-order valence-corrected chi connectivity index (χ4v) is 4.84. The summed E-state index contributed by atoms with van der Waals surface area (Å²) in [4.78, 5) is 11.0. The van der Waals surface area contributed by atoms with Crippen molar-refractivity contribution in [2.75, 3.05) is 19.6 Å². The van der Waals surface area contributed by atoms with Gasteiger partial charge in [-0.25, -0.2) is 8.42 Å². The molecule has 8 heteroatoms. The molecule has 0 amide bonds. The Labute approximate surface area is 159 Å². The molecule has 1 fully saturated rings. The summed E-state index contributed by atoms with van der Waals surface area (Å²) in [6, 6.07) is 15.2. The third-order valence-corrected chi connectivity index (χ3v) is 6.80. The van der Waals surface area contributed by atoms with Crippen LogP contribution in [0.15, 0.2) is 59.5 Å². The summed E-state index contributed by atoms with van der Waals surface area (Å²) >= 11 is 0. The van der Waals surface area contributed by atoms with Crippen LogP contribution in [0.2, 0.25) is 0 Å². The largest absolute Gasteiger partial charge is 0.312 e. The number of sulfonamides is 1. The van der Waals surface area contributed by atoms with Crippen LogP contribution in [-0.4, -0.2) is 37.3 Å². The molecule has 0 aromatic heterocycles. The SMILES string of the molecule is O=[N+]([O-])c1ccccc1CNCC1CCN(S(=O)(=O)c2ccccc2)CC1. The van der Waals surface area contributed by atoms with Crippen molar-refractivity contribution in [2.45, 2.75) is 24.3 Å². The molecule has 2 aromatic carbocycles. The predicted molar refractivity (Wildman–Crippen MR) is 103 cm³/mol. The van der Waals surface area contributed by atoms with E-state index in [1.54, 1.807) is 52.8 Å². The number of nitro groups is 1. The van der Waals surface area contributed by atoms with E-state index >= 15 is 0 Å². The van der Waals surface area contributed by atoms with Gasteiger partial charge in [-0.1, -0.05) is 36.4 Å². The summed E-state index contributed by atoms with van der Waals surface area (Å²) in [6.07, 6.45) is 1.55. The third kappa shape index (κ3) is 4.71. The summed E-state index contributed by atoms with van der Waals surface area (Å²) in [5, 5.41) is 14.3. The number of hydrogen-bond donors (Lipinski definition) is 1. The van der Waals surface area contributed by atoms with E-state index in [-0.39, 0.29) is 10.6 Å². The van der Waals surface area contributed by atoms with Gasteiger partial charge in [0.25, 0.3) is 5.69 Å². The maximum atomic E-state index is 12.6. The van der Waals surface area contributed by atoms with Gasteiger partial charge >= 0.3 is 0 Å². The zero-order chi connectivity index (χ0) is 19.3. The fourth-order valence-electron chi connectivity index (χ4n) is 3.34. The van der Waals surface area contributed by atoms with Gasteiger partial charge in [-0.15, -0.1) is 0 Å². The Morgan fingerprint density at radius 1 is 1.04 bits per heavy atom. The van der Waals surface area contributed by atoms with E-state index in [1.807, 2.05) is 0 Å². The molecule has 0 unspecified atom stereocenters. The summed E-state index contributed by atoms with van der Waals surface area (Å²) in [5.74, 6) is 0.356. The standard InChI is InChI=1S/C19H23N3O4S/c23-22(24)19-9-5-4-6-17(19)15-20-14-16-10-12-21(13-11-16)27(25,26)18-7-2-1-3-8-18/h1-9,16,20H,10-15H2. The Hall–Kier alpha value is -2.29. The van der Waals surface area contributed by atoms with Crippen molar-refractivity contribution >= 4 is 15.7 Å². The molecule has 1 aliphatic heterocycles. The Morgan fingerprint density at radius 2 is 1.67 bits per heavy atom. The molecule has 2 aromatic rings. The molecule has 1 saturated heterocycles. The normalized spacial score (nSPS) is 16.3. The van der Waals surface area contributed by atoms with Crippen LogP contribution in [0, 0.1) is 16.0 Å². The minimum Gasteiger partial charge on any atom is -0.312 e. The zero-order valence-electron chi connectivity index (χ0n) is 15.0. The van der Waals surface area contributed by atoms with Gasteiger partial charge in [-0.3, -0.25) is 10.1 Å². The van der Waals surface area contributed by atoms with E-state index in [1.165, 1.54) is 6.07 Å². The van der Waals surface area contributed by atoms with Crippen LogP contribution in [0.3, 0.4) is 0 Å². The van der Waals surface area contributed by atoms with Crippen molar-refractivity contribution in [2.24, 2.45) is 5.92 Å². The van der Waals surface area contributed by atoms with Crippen LogP contribution in [0.25, 0.3) is 0 Å². The lowest BCUT2D eigenvalue weighted by Gasteiger charge is -2.31. The smallest absolute Gasteiger partial charge is 0.273 e. The highest BCUT2D eigenvalue weighted by Crippen LogP contribution is 2.24. The topological polar surface area (TPSA) is 92.6 Å². The number of rotatable bonds is 7. The summed E-state index contributed by atoms with van der Waals surface area (Å²) in [7, 11) is -3.43. The van der Waals surface area contributed by atoms with Crippen LogP contribution in [0.4, 0.5) is 5.69 Å². The van der Waals surface area contributed by atoms with Crippen molar-refractivity contribution < 1.29 is 13.3 Å². The van der Waals surface area contributed by atoms with Crippen LogP contribution < -0.4 is 5.32 Å². The lowest BCUT2D eigenvalue weighted by Crippen LogP contribution is -2.40. The molecule has 0 bridgehead atoms. The van der Waals surface area contributed by atoms with E-state index < -0.39 is 10.0 Å². The highest BCUT2D eigenvalue weighted by molar-refractivity contribution is 7.89. The molecule has 27 heavy (non-hydrogen) atoms. The summed E-state index contributed by atoms with van der Waals surface area (Å²) < 4.78 is 26.8. The molecule has 1 N–H and O–H groups in total. The van der Waals surface area contributed by atoms with E-state index in [2.05, 4.69) is 5.32 Å². The van der Waals surface area contributed by atoms with Crippen molar-refractivity contribution in [3.8, 4) is 0 Å². The average Bonchev–Trinajstić information content (AvgIpc) is 2.69. The van der Waals surface area contributed by atoms with Crippen molar-refractivity contribution in [1.29, 1.82) is 0 Å². The Kier molecular flexibility index (Phi) is 6.20. The minimum atomic E-state index is -3.43. The summed E-state index contributed by atoms with van der Waals surface area (Å²) in [5.41, 5.74) is 0.778. The maximum Gasteiger partial charge on any atom is 0.273 e. The van der Waals surface area contributed by atoms with E-state index in [4.69, 9.17) is 0 Å². The van der Waals surface area contributed by atoms with Gasteiger partial charge in [0.2, 0.25) is 10.0 Å². The van der Waals surface area contributed by atoms with Gasteiger partial charge < -0.3 is 5.32 Å². The second-order valence-electron chi connectivity index (χ2n) is 6.68. The van der Waals surface area contributed by atoms with Crippen molar-refractivity contribution in [3.63, 3.8) is 0 Å². The van der Waals surface area contributed by atoms with Crippen molar-refractivity contribution in [1.82, 2.24) is 9.62 Å². The Balaban J connectivity index is 1.50. The Bertz CT molecular complexity index is 879. The molecule has 0 aliphatic carbocycles. The number of piperidine rings is 1. The molecule has 1 aliphatic rings. The van der Waals surface area contributed by atoms with E-state index in [0.29, 0.717) is 42.6 Å². The first-order chi connectivity index (χ1) is 13.0. The monoisotopic (exact) mass is 389 g/mol. The predicted octanol–water partition coefficient (Wildman–Crippen LogP) is 2.79. The van der Waals surface area contributed by atoms with Gasteiger partial charge in [-0.05, 0) is 37.4 Å². The molecule has 0 atom stereocenters. The highest BCUT2D eigenvalue weighted by atomic mass is 32.2. The molecule has 0 spiro atoms. The molecule has 1 heterocycles. The molecule has 0 saturated carbocycles. The van der Waals surface area contributed by atoms with Crippen LogP contribution >= 0.6 is 0 Å². The van der Waals surface area contributed by atoms with Crippen LogP contribution in [-0.2, 0) is 16.6 Å². The number of para-hydroxylation sites is 1. The Morgan fingerprint density at radius 3 is 2.33 bits per heavy atom. The summed E-state index contributed by atoms with van der Waals surface area (Å²) in [6.45, 7) is 2.13. The zero-order valence-corrected chi connectivity index (χ0v) is 15.8. The fraction of sp³-hybridized carbons (Fsp3) is 0.368. The quantitative estimate of drug-likeness (QED) is 0.581. The number of nitrogens with one attached hydrogen (secondary N) is 1. The molecular formula is C19H23N3O4S. The van der Waals surface area contributed by atoms with Gasteiger partial charge in [0.1, 0.15) is 0 Å². The molecule has 3 rings (SSSR count). The second-order valence-corrected chi connectivity index (χ2v) is 8.62. The van der Waals surface area contributed by atoms with Crippen LogP contribution in [0.1, 0.15) is 18.4 Å². The lowest BCUT2D eigenvalue weighted by atomic mass is 9.98. The molecule has 0 radical (unpaired) electrons. The van der Waals surface area contributed by atoms with Gasteiger partial charge in [0.05, 0.1) is 9.82 Å².